The van der Waals surface area contributed by atoms with Gasteiger partial charge in [0.15, 0.2) is 0 Å². The van der Waals surface area contributed by atoms with Crippen molar-refractivity contribution in [2.45, 2.75) is 13.0 Å². The van der Waals surface area contributed by atoms with Gasteiger partial charge in [-0.2, -0.15) is 0 Å². The molecule has 2 rings (SSSR count). The van der Waals surface area contributed by atoms with Crippen LogP contribution in [0.4, 0.5) is 4.39 Å². The van der Waals surface area contributed by atoms with Crippen molar-refractivity contribution in [3.8, 4) is 0 Å². The molecule has 0 bridgehead atoms. The van der Waals surface area contributed by atoms with E-state index in [1.54, 1.807) is 12.1 Å². The van der Waals surface area contributed by atoms with Gasteiger partial charge in [-0.25, -0.2) is 4.39 Å². The van der Waals surface area contributed by atoms with Gasteiger partial charge in [0, 0.05) is 13.5 Å². The molecule has 2 N–H and O–H groups in total. The molecule has 0 unspecified atom stereocenters. The van der Waals surface area contributed by atoms with E-state index in [2.05, 4.69) is 10.2 Å². The topological polar surface area (TPSA) is 56.7 Å². The van der Waals surface area contributed by atoms with Crippen LogP contribution in [0.5, 0.6) is 0 Å². The molecule has 0 saturated carbocycles. The van der Waals surface area contributed by atoms with Crippen LogP contribution in [0.25, 0.3) is 0 Å². The molecular weight excluding hydrogens is 207 g/mol. The summed E-state index contributed by atoms with van der Waals surface area (Å²) in [6.07, 6.45) is 0.629. The molecule has 0 saturated heterocycles. The molecule has 1 aromatic heterocycles. The van der Waals surface area contributed by atoms with E-state index in [-0.39, 0.29) is 5.82 Å². The van der Waals surface area contributed by atoms with Gasteiger partial charge in [-0.1, -0.05) is 12.1 Å². The summed E-state index contributed by atoms with van der Waals surface area (Å²) < 4.78 is 14.6. The molecule has 0 atom stereocenters. The zero-order chi connectivity index (χ0) is 11.5. The van der Waals surface area contributed by atoms with E-state index in [0.29, 0.717) is 13.0 Å². The van der Waals surface area contributed by atoms with Gasteiger partial charge in [0.05, 0.1) is 6.54 Å². The molecule has 2 aromatic rings. The van der Waals surface area contributed by atoms with Crippen LogP contribution in [0.1, 0.15) is 17.2 Å². The Kier molecular flexibility index (Phi) is 2.96. The minimum absolute atomic E-state index is 0.232. The average molecular weight is 220 g/mol. The number of nitrogens with zero attached hydrogens (tertiary/aromatic N) is 3. The normalized spacial score (nSPS) is 10.7. The second-order valence-electron chi connectivity index (χ2n) is 3.60. The van der Waals surface area contributed by atoms with Crippen molar-refractivity contribution in [2.24, 2.45) is 12.8 Å². The number of aromatic nitrogens is 3. The molecule has 4 nitrogen and oxygen atoms in total. The van der Waals surface area contributed by atoms with E-state index in [4.69, 9.17) is 5.73 Å². The van der Waals surface area contributed by atoms with Crippen molar-refractivity contribution in [3.05, 3.63) is 47.3 Å². The first-order valence-corrected chi connectivity index (χ1v) is 5.02. The number of halogens is 1. The lowest BCUT2D eigenvalue weighted by atomic mass is 10.1. The van der Waals surface area contributed by atoms with Crippen LogP contribution >= 0.6 is 0 Å². The summed E-state index contributed by atoms with van der Waals surface area (Å²) in [5.74, 6) is 1.34. The largest absolute Gasteiger partial charge is 0.324 e. The van der Waals surface area contributed by atoms with Crippen molar-refractivity contribution in [1.82, 2.24) is 14.8 Å². The van der Waals surface area contributed by atoms with Crippen molar-refractivity contribution >= 4 is 0 Å². The minimum atomic E-state index is -0.232. The van der Waals surface area contributed by atoms with E-state index < -0.39 is 0 Å². The Morgan fingerprint density at radius 1 is 1.19 bits per heavy atom. The SMILES string of the molecule is Cn1c(CN)nnc1Cc1ccc(F)cc1. The molecule has 0 aliphatic heterocycles. The van der Waals surface area contributed by atoms with Gasteiger partial charge in [-0.3, -0.25) is 0 Å². The Hall–Kier alpha value is -1.75. The molecule has 0 aliphatic rings. The van der Waals surface area contributed by atoms with Gasteiger partial charge in [-0.15, -0.1) is 10.2 Å². The van der Waals surface area contributed by atoms with Crippen LogP contribution in [0.3, 0.4) is 0 Å². The first kappa shape index (κ1) is 10.8. The van der Waals surface area contributed by atoms with Gasteiger partial charge in [0.25, 0.3) is 0 Å². The molecule has 0 fully saturated rings. The highest BCUT2D eigenvalue weighted by Crippen LogP contribution is 2.09. The van der Waals surface area contributed by atoms with Crippen LogP contribution < -0.4 is 5.73 Å². The zero-order valence-electron chi connectivity index (χ0n) is 9.02. The van der Waals surface area contributed by atoms with E-state index in [9.17, 15) is 4.39 Å². The van der Waals surface area contributed by atoms with Gasteiger partial charge in [-0.05, 0) is 17.7 Å². The Morgan fingerprint density at radius 3 is 2.38 bits per heavy atom. The fourth-order valence-corrected chi connectivity index (χ4v) is 1.52. The van der Waals surface area contributed by atoms with Gasteiger partial charge in [0.1, 0.15) is 17.5 Å². The van der Waals surface area contributed by atoms with Crippen molar-refractivity contribution in [2.75, 3.05) is 0 Å². The molecule has 0 spiro atoms. The minimum Gasteiger partial charge on any atom is -0.324 e. The van der Waals surface area contributed by atoms with Crippen LogP contribution in [0.15, 0.2) is 24.3 Å². The first-order chi connectivity index (χ1) is 7.70. The van der Waals surface area contributed by atoms with Gasteiger partial charge in [0.2, 0.25) is 0 Å². The number of rotatable bonds is 3. The van der Waals surface area contributed by atoms with Crippen molar-refractivity contribution < 1.29 is 4.39 Å². The third-order valence-electron chi connectivity index (χ3n) is 2.51. The zero-order valence-corrected chi connectivity index (χ0v) is 9.02. The molecule has 0 radical (unpaired) electrons. The predicted molar refractivity (Wildman–Crippen MR) is 58.1 cm³/mol. The summed E-state index contributed by atoms with van der Waals surface area (Å²) in [6, 6.07) is 6.36. The highest BCUT2D eigenvalue weighted by atomic mass is 19.1. The summed E-state index contributed by atoms with van der Waals surface area (Å²) in [7, 11) is 1.88. The number of hydrogen-bond acceptors (Lipinski definition) is 3. The molecule has 5 heteroatoms. The van der Waals surface area contributed by atoms with Crippen LogP contribution in [-0.4, -0.2) is 14.8 Å². The fraction of sp³-hybridized carbons (Fsp3) is 0.273. The summed E-state index contributed by atoms with van der Waals surface area (Å²) in [5.41, 5.74) is 6.50. The van der Waals surface area contributed by atoms with Gasteiger partial charge < -0.3 is 10.3 Å². The summed E-state index contributed by atoms with van der Waals surface area (Å²) >= 11 is 0. The van der Waals surface area contributed by atoms with Crippen molar-refractivity contribution in [3.63, 3.8) is 0 Å². The number of hydrogen-bond donors (Lipinski definition) is 1. The fourth-order valence-electron chi connectivity index (χ4n) is 1.52. The second-order valence-corrected chi connectivity index (χ2v) is 3.60. The molecule has 0 aliphatic carbocycles. The molecule has 1 aromatic carbocycles. The van der Waals surface area contributed by atoms with E-state index in [1.165, 1.54) is 12.1 Å². The average Bonchev–Trinajstić information content (AvgIpc) is 2.63. The first-order valence-electron chi connectivity index (χ1n) is 5.02. The third kappa shape index (κ3) is 2.09. The van der Waals surface area contributed by atoms with E-state index >= 15 is 0 Å². The lowest BCUT2D eigenvalue weighted by Crippen LogP contribution is -2.07. The lowest BCUT2D eigenvalue weighted by molar-refractivity contribution is 0.627. The smallest absolute Gasteiger partial charge is 0.146 e. The third-order valence-corrected chi connectivity index (χ3v) is 2.51. The molecule has 84 valence electrons. The van der Waals surface area contributed by atoms with Gasteiger partial charge >= 0.3 is 0 Å². The molecule has 16 heavy (non-hydrogen) atoms. The maximum atomic E-state index is 12.7. The standard InChI is InChI=1S/C11H13FN4/c1-16-10(14-15-11(16)7-13)6-8-2-4-9(12)5-3-8/h2-5H,6-7,13H2,1H3. The number of nitrogens with two attached hydrogens (primary N) is 1. The van der Waals surface area contributed by atoms with E-state index in [1.807, 2.05) is 11.6 Å². The van der Waals surface area contributed by atoms with Crippen LogP contribution in [0.2, 0.25) is 0 Å². The maximum absolute atomic E-state index is 12.7. The van der Waals surface area contributed by atoms with Crippen LogP contribution in [0, 0.1) is 5.82 Å². The highest BCUT2D eigenvalue weighted by molar-refractivity contribution is 5.20. The Bertz CT molecular complexity index is 475. The predicted octanol–water partition coefficient (Wildman–Crippen LogP) is 1.00. The summed E-state index contributed by atoms with van der Waals surface area (Å²) in [5, 5.41) is 8.01. The van der Waals surface area contributed by atoms with E-state index in [0.717, 1.165) is 17.2 Å². The second kappa shape index (κ2) is 4.40. The molecule has 0 amide bonds. The Morgan fingerprint density at radius 2 is 1.81 bits per heavy atom. The number of benzene rings is 1. The lowest BCUT2D eigenvalue weighted by Gasteiger charge is -2.02. The Labute approximate surface area is 92.9 Å². The summed E-state index contributed by atoms with van der Waals surface area (Å²) in [6.45, 7) is 0.368. The molecule has 1 heterocycles. The Balaban J connectivity index is 2.20. The summed E-state index contributed by atoms with van der Waals surface area (Å²) in [4.78, 5) is 0. The quantitative estimate of drug-likeness (QED) is 0.839. The molecular formula is C11H13FN4. The maximum Gasteiger partial charge on any atom is 0.146 e. The van der Waals surface area contributed by atoms with Crippen LogP contribution in [-0.2, 0) is 20.0 Å². The highest BCUT2D eigenvalue weighted by Gasteiger charge is 2.07. The monoisotopic (exact) mass is 220 g/mol. The van der Waals surface area contributed by atoms with Crippen molar-refractivity contribution in [1.29, 1.82) is 0 Å².